The van der Waals surface area contributed by atoms with E-state index < -0.39 is 11.1 Å². The third kappa shape index (κ3) is 2.08. The van der Waals surface area contributed by atoms with Crippen molar-refractivity contribution in [2.24, 2.45) is 0 Å². The molecule has 0 radical (unpaired) electrons. The second kappa shape index (κ2) is 3.69. The number of nitrogens with one attached hydrogen (secondary N) is 1. The maximum absolute atomic E-state index is 12.2. The van der Waals surface area contributed by atoms with Gasteiger partial charge in [-0.15, -0.1) is 0 Å². The summed E-state index contributed by atoms with van der Waals surface area (Å²) in [5.74, 6) is -0.208. The van der Waals surface area contributed by atoms with E-state index in [4.69, 9.17) is 9.47 Å². The van der Waals surface area contributed by atoms with Crippen LogP contribution in [0, 0.1) is 0 Å². The molecule has 0 amide bonds. The third-order valence-corrected chi connectivity index (χ3v) is 3.81. The highest BCUT2D eigenvalue weighted by Crippen LogP contribution is 2.47. The van der Waals surface area contributed by atoms with Crippen LogP contribution in [-0.4, -0.2) is 35.9 Å². The lowest BCUT2D eigenvalue weighted by molar-refractivity contribution is -0.157. The normalized spacial score (nSPS) is 34.6. The number of carbonyl (C=O) groups is 1. The monoisotopic (exact) mass is 241 g/mol. The highest BCUT2D eigenvalue weighted by atomic mass is 16.6. The quantitative estimate of drug-likeness (QED) is 0.763. The average molecular weight is 241 g/mol. The molecule has 4 heteroatoms. The molecule has 98 valence electrons. The number of hydrogen-bond donors (Lipinski definition) is 1. The lowest BCUT2D eigenvalue weighted by Crippen LogP contribution is -2.63. The van der Waals surface area contributed by atoms with E-state index in [1.807, 2.05) is 27.7 Å². The Kier molecular flexibility index (Phi) is 2.79. The fraction of sp³-hybridized carbons (Fsp3) is 0.923. The predicted molar refractivity (Wildman–Crippen MR) is 64.8 cm³/mol. The molecular weight excluding hydrogens is 218 g/mol. The Morgan fingerprint density at radius 2 is 1.88 bits per heavy atom. The van der Waals surface area contributed by atoms with E-state index in [0.717, 1.165) is 12.8 Å². The summed E-state index contributed by atoms with van der Waals surface area (Å²) in [7, 11) is 1.44. The second-order valence-corrected chi connectivity index (χ2v) is 6.36. The molecule has 17 heavy (non-hydrogen) atoms. The van der Waals surface area contributed by atoms with Crippen molar-refractivity contribution in [1.82, 2.24) is 5.32 Å². The minimum atomic E-state index is -0.716. The molecular formula is C13H23NO3. The van der Waals surface area contributed by atoms with E-state index in [-0.39, 0.29) is 11.6 Å². The first-order valence-corrected chi connectivity index (χ1v) is 6.29. The van der Waals surface area contributed by atoms with E-state index in [9.17, 15) is 4.79 Å². The highest BCUT2D eigenvalue weighted by Gasteiger charge is 2.63. The number of esters is 1. The van der Waals surface area contributed by atoms with Gasteiger partial charge in [-0.05, 0) is 40.5 Å². The molecule has 1 unspecified atom stereocenters. The molecule has 1 N–H and O–H groups in total. The smallest absolute Gasteiger partial charge is 0.329 e. The molecule has 1 aliphatic heterocycles. The molecule has 1 heterocycles. The number of methoxy groups -OCH3 is 1. The Labute approximate surface area is 103 Å². The van der Waals surface area contributed by atoms with Crippen LogP contribution >= 0.6 is 0 Å². The van der Waals surface area contributed by atoms with Crippen LogP contribution < -0.4 is 5.32 Å². The number of carbonyl (C=O) groups excluding carboxylic acids is 1. The van der Waals surface area contributed by atoms with Gasteiger partial charge in [0.15, 0.2) is 0 Å². The van der Waals surface area contributed by atoms with Gasteiger partial charge < -0.3 is 9.47 Å². The molecule has 1 saturated heterocycles. The average Bonchev–Trinajstić information content (AvgIpc) is 2.93. The van der Waals surface area contributed by atoms with Gasteiger partial charge in [0.2, 0.25) is 0 Å². The maximum atomic E-state index is 12.2. The zero-order valence-corrected chi connectivity index (χ0v) is 11.4. The van der Waals surface area contributed by atoms with Crippen LogP contribution in [0.3, 0.4) is 0 Å². The van der Waals surface area contributed by atoms with Crippen molar-refractivity contribution in [2.45, 2.75) is 69.7 Å². The summed E-state index contributed by atoms with van der Waals surface area (Å²) >= 11 is 0. The standard InChI is InChI=1S/C13H23NO3/c1-11(2)8-13(10(15)16-5,12(3,4)17-11)14-9-6-7-9/h9,14H,6-8H2,1-5H3. The van der Waals surface area contributed by atoms with Gasteiger partial charge in [0.05, 0.1) is 18.3 Å². The van der Waals surface area contributed by atoms with Crippen molar-refractivity contribution in [1.29, 1.82) is 0 Å². The summed E-state index contributed by atoms with van der Waals surface area (Å²) in [5.41, 5.74) is -1.57. The van der Waals surface area contributed by atoms with E-state index in [0.29, 0.717) is 12.5 Å². The van der Waals surface area contributed by atoms with Gasteiger partial charge in [-0.1, -0.05) is 0 Å². The van der Waals surface area contributed by atoms with Crippen LogP contribution in [0.4, 0.5) is 0 Å². The van der Waals surface area contributed by atoms with E-state index in [1.165, 1.54) is 7.11 Å². The van der Waals surface area contributed by atoms with E-state index in [2.05, 4.69) is 5.32 Å². The second-order valence-electron chi connectivity index (χ2n) is 6.36. The first-order chi connectivity index (χ1) is 7.72. The molecule has 2 rings (SSSR count). The van der Waals surface area contributed by atoms with Crippen LogP contribution in [0.25, 0.3) is 0 Å². The highest BCUT2D eigenvalue weighted by molar-refractivity contribution is 5.83. The van der Waals surface area contributed by atoms with Gasteiger partial charge in [-0.2, -0.15) is 0 Å². The number of ether oxygens (including phenoxy) is 2. The Bertz CT molecular complexity index is 334. The minimum absolute atomic E-state index is 0.208. The summed E-state index contributed by atoms with van der Waals surface area (Å²) in [6, 6.07) is 0.436. The van der Waals surface area contributed by atoms with Gasteiger partial charge in [-0.25, -0.2) is 4.79 Å². The fourth-order valence-electron chi connectivity index (χ4n) is 3.02. The third-order valence-electron chi connectivity index (χ3n) is 3.81. The molecule has 1 aliphatic carbocycles. The molecule has 0 aromatic carbocycles. The van der Waals surface area contributed by atoms with Crippen LogP contribution in [0.15, 0.2) is 0 Å². The lowest BCUT2D eigenvalue weighted by Gasteiger charge is -2.38. The van der Waals surface area contributed by atoms with Crippen molar-refractivity contribution >= 4 is 5.97 Å². The molecule has 4 nitrogen and oxygen atoms in total. The number of hydrogen-bond acceptors (Lipinski definition) is 4. The zero-order chi connectivity index (χ0) is 12.9. The molecule has 0 aromatic rings. The van der Waals surface area contributed by atoms with Crippen LogP contribution in [0.2, 0.25) is 0 Å². The van der Waals surface area contributed by atoms with Crippen molar-refractivity contribution in [3.8, 4) is 0 Å². The maximum Gasteiger partial charge on any atom is 0.329 e. The SMILES string of the molecule is COC(=O)C1(NC2CC2)CC(C)(C)OC1(C)C. The fourth-order valence-corrected chi connectivity index (χ4v) is 3.02. The molecule has 2 fully saturated rings. The first kappa shape index (κ1) is 12.8. The van der Waals surface area contributed by atoms with Crippen LogP contribution in [0.1, 0.15) is 47.0 Å². The van der Waals surface area contributed by atoms with Gasteiger partial charge in [0.1, 0.15) is 5.54 Å². The van der Waals surface area contributed by atoms with Crippen molar-refractivity contribution in [3.63, 3.8) is 0 Å². The van der Waals surface area contributed by atoms with Crippen molar-refractivity contribution in [3.05, 3.63) is 0 Å². The van der Waals surface area contributed by atoms with E-state index >= 15 is 0 Å². The first-order valence-electron chi connectivity index (χ1n) is 6.29. The molecule has 2 aliphatic rings. The summed E-state index contributed by atoms with van der Waals surface area (Å²) in [4.78, 5) is 12.2. The predicted octanol–water partition coefficient (Wildman–Crippen LogP) is 1.63. The Morgan fingerprint density at radius 1 is 1.29 bits per heavy atom. The molecule has 1 atom stereocenters. The van der Waals surface area contributed by atoms with E-state index in [1.54, 1.807) is 0 Å². The Hall–Kier alpha value is -0.610. The zero-order valence-electron chi connectivity index (χ0n) is 11.4. The topological polar surface area (TPSA) is 47.6 Å². The van der Waals surface area contributed by atoms with Crippen molar-refractivity contribution in [2.75, 3.05) is 7.11 Å². The lowest BCUT2D eigenvalue weighted by atomic mass is 9.78. The molecule has 0 aromatic heterocycles. The largest absolute Gasteiger partial charge is 0.468 e. The summed E-state index contributed by atoms with van der Waals surface area (Å²) in [6.07, 6.45) is 2.92. The number of rotatable bonds is 3. The van der Waals surface area contributed by atoms with Crippen molar-refractivity contribution < 1.29 is 14.3 Å². The van der Waals surface area contributed by atoms with Gasteiger partial charge >= 0.3 is 5.97 Å². The minimum Gasteiger partial charge on any atom is -0.468 e. The summed E-state index contributed by atoms with van der Waals surface area (Å²) in [5, 5.41) is 3.46. The molecule has 1 saturated carbocycles. The molecule has 0 spiro atoms. The summed E-state index contributed by atoms with van der Waals surface area (Å²) in [6.45, 7) is 7.98. The van der Waals surface area contributed by atoms with Gasteiger partial charge in [0, 0.05) is 12.5 Å². The van der Waals surface area contributed by atoms with Gasteiger partial charge in [0.25, 0.3) is 0 Å². The Morgan fingerprint density at radius 3 is 2.24 bits per heavy atom. The molecule has 0 bridgehead atoms. The summed E-state index contributed by atoms with van der Waals surface area (Å²) < 4.78 is 11.1. The van der Waals surface area contributed by atoms with Crippen LogP contribution in [-0.2, 0) is 14.3 Å². The van der Waals surface area contributed by atoms with Gasteiger partial charge in [-0.3, -0.25) is 5.32 Å². The Balaban J connectivity index is 2.34. The van der Waals surface area contributed by atoms with Crippen LogP contribution in [0.5, 0.6) is 0 Å².